The fraction of sp³-hybridized carbons (Fsp3) is 0.381. The van der Waals surface area contributed by atoms with E-state index in [1.807, 2.05) is 37.3 Å². The minimum absolute atomic E-state index is 0.0414. The minimum atomic E-state index is -0.463. The lowest BCUT2D eigenvalue weighted by molar-refractivity contribution is 0.0632. The van der Waals surface area contributed by atoms with E-state index in [-0.39, 0.29) is 17.4 Å². The molecule has 1 fully saturated rings. The molecule has 1 aliphatic heterocycles. The molecule has 6 nitrogen and oxygen atoms in total. The highest BCUT2D eigenvalue weighted by molar-refractivity contribution is 5.95. The molecular weight excluding hydrogens is 342 g/mol. The van der Waals surface area contributed by atoms with Crippen molar-refractivity contribution in [1.29, 1.82) is 5.26 Å². The average molecular weight is 365 g/mol. The number of ether oxygens (including phenoxy) is 1. The third-order valence-electron chi connectivity index (χ3n) is 4.87. The summed E-state index contributed by atoms with van der Waals surface area (Å²) in [7, 11) is 0. The predicted molar refractivity (Wildman–Crippen MR) is 102 cm³/mol. The number of carbonyl (C=O) groups is 1. The van der Waals surface area contributed by atoms with Gasteiger partial charge in [-0.15, -0.1) is 0 Å². The van der Waals surface area contributed by atoms with Gasteiger partial charge in [-0.05, 0) is 50.5 Å². The molecule has 0 radical (unpaired) electrons. The zero-order valence-corrected chi connectivity index (χ0v) is 15.6. The maximum absolute atomic E-state index is 12.9. The fourth-order valence-corrected chi connectivity index (χ4v) is 3.40. The molecule has 2 aromatic rings. The first-order valence-electron chi connectivity index (χ1n) is 9.10. The Morgan fingerprint density at radius 3 is 2.93 bits per heavy atom. The summed E-state index contributed by atoms with van der Waals surface area (Å²) < 4.78 is 5.91. The molecule has 1 aliphatic rings. The first-order chi connectivity index (χ1) is 13.0. The quantitative estimate of drug-likeness (QED) is 0.903. The molecule has 1 unspecified atom stereocenters. The molecule has 140 valence electrons. The Labute approximate surface area is 158 Å². The third-order valence-corrected chi connectivity index (χ3v) is 4.87. The molecule has 1 N–H and O–H groups in total. The number of pyridine rings is 1. The van der Waals surface area contributed by atoms with Crippen molar-refractivity contribution >= 4 is 5.91 Å². The number of rotatable bonds is 4. The zero-order valence-electron chi connectivity index (χ0n) is 15.6. The number of likely N-dealkylation sites (tertiary alicyclic amines) is 1. The standard InChI is InChI=1S/C21H23N3O3/c1-14-5-3-7-18(9-14)27-13-16-6-4-8-24(12-16)21(26)19-10-17(11-22)20(25)23-15(19)2/h3,5,7,9-10,16H,4,6,8,12-13H2,1-2H3,(H,23,25). The van der Waals surface area contributed by atoms with E-state index in [0.29, 0.717) is 31.0 Å². The van der Waals surface area contributed by atoms with E-state index in [2.05, 4.69) is 4.98 Å². The summed E-state index contributed by atoms with van der Waals surface area (Å²) in [6, 6.07) is 11.2. The SMILES string of the molecule is Cc1cccc(OCC2CCCN(C(=O)c3cc(C#N)c(=O)[nH]c3C)C2)c1. The largest absolute Gasteiger partial charge is 0.493 e. The lowest BCUT2D eigenvalue weighted by Crippen LogP contribution is -2.42. The van der Waals surface area contributed by atoms with Crippen LogP contribution in [0.3, 0.4) is 0 Å². The number of nitrogens with zero attached hydrogens (tertiary/aromatic N) is 2. The molecule has 1 aromatic carbocycles. The van der Waals surface area contributed by atoms with Crippen molar-refractivity contribution in [3.63, 3.8) is 0 Å². The number of H-pyrrole nitrogens is 1. The maximum Gasteiger partial charge on any atom is 0.266 e. The monoisotopic (exact) mass is 365 g/mol. The molecule has 1 aromatic heterocycles. The summed E-state index contributed by atoms with van der Waals surface area (Å²) in [4.78, 5) is 29.0. The van der Waals surface area contributed by atoms with Crippen molar-refractivity contribution in [3.05, 3.63) is 63.1 Å². The van der Waals surface area contributed by atoms with Crippen molar-refractivity contribution in [2.24, 2.45) is 5.92 Å². The number of benzene rings is 1. The number of amides is 1. The Balaban J connectivity index is 1.68. The van der Waals surface area contributed by atoms with Gasteiger partial charge in [0.25, 0.3) is 11.5 Å². The highest BCUT2D eigenvalue weighted by atomic mass is 16.5. The maximum atomic E-state index is 12.9. The van der Waals surface area contributed by atoms with Crippen molar-refractivity contribution in [2.45, 2.75) is 26.7 Å². The van der Waals surface area contributed by atoms with Crippen LogP contribution in [0.15, 0.2) is 35.1 Å². The molecule has 27 heavy (non-hydrogen) atoms. The van der Waals surface area contributed by atoms with E-state index in [4.69, 9.17) is 10.00 Å². The molecule has 0 bridgehead atoms. The first-order valence-corrected chi connectivity index (χ1v) is 9.10. The predicted octanol–water partition coefficient (Wildman–Crippen LogP) is 2.79. The second kappa shape index (κ2) is 8.09. The summed E-state index contributed by atoms with van der Waals surface area (Å²) in [5.41, 5.74) is 1.51. The van der Waals surface area contributed by atoms with Crippen molar-refractivity contribution in [1.82, 2.24) is 9.88 Å². The van der Waals surface area contributed by atoms with Crippen LogP contribution >= 0.6 is 0 Å². The van der Waals surface area contributed by atoms with Gasteiger partial charge >= 0.3 is 0 Å². The number of nitrogens with one attached hydrogen (secondary N) is 1. The highest BCUT2D eigenvalue weighted by Crippen LogP contribution is 2.21. The Kier molecular flexibility index (Phi) is 5.60. The molecule has 0 saturated carbocycles. The van der Waals surface area contributed by atoms with Gasteiger partial charge in [-0.25, -0.2) is 0 Å². The van der Waals surface area contributed by atoms with Gasteiger partial charge in [-0.1, -0.05) is 12.1 Å². The number of piperidine rings is 1. The number of nitriles is 1. The van der Waals surface area contributed by atoms with Gasteiger partial charge in [-0.2, -0.15) is 5.26 Å². The number of aryl methyl sites for hydroxylation is 2. The number of aromatic nitrogens is 1. The second-order valence-electron chi connectivity index (χ2n) is 7.05. The summed E-state index contributed by atoms with van der Waals surface area (Å²) >= 11 is 0. The van der Waals surface area contributed by atoms with Crippen LogP contribution in [0.25, 0.3) is 0 Å². The molecule has 0 aliphatic carbocycles. The lowest BCUT2D eigenvalue weighted by Gasteiger charge is -2.33. The molecule has 0 spiro atoms. The zero-order chi connectivity index (χ0) is 19.4. The van der Waals surface area contributed by atoms with E-state index in [9.17, 15) is 9.59 Å². The molecular formula is C21H23N3O3. The van der Waals surface area contributed by atoms with Crippen LogP contribution in [0.1, 0.15) is 40.0 Å². The molecule has 1 atom stereocenters. The summed E-state index contributed by atoms with van der Waals surface area (Å²) in [5.74, 6) is 0.941. The van der Waals surface area contributed by atoms with Crippen LogP contribution in [-0.4, -0.2) is 35.5 Å². The van der Waals surface area contributed by atoms with Gasteiger partial charge in [0, 0.05) is 24.7 Å². The van der Waals surface area contributed by atoms with E-state index < -0.39 is 5.56 Å². The van der Waals surface area contributed by atoms with Crippen LogP contribution in [0.2, 0.25) is 0 Å². The van der Waals surface area contributed by atoms with Crippen LogP contribution in [0, 0.1) is 31.1 Å². The van der Waals surface area contributed by atoms with Crippen molar-refractivity contribution < 1.29 is 9.53 Å². The summed E-state index contributed by atoms with van der Waals surface area (Å²) in [6.45, 7) is 5.53. The van der Waals surface area contributed by atoms with Gasteiger partial charge in [0.1, 0.15) is 17.4 Å². The Morgan fingerprint density at radius 2 is 2.19 bits per heavy atom. The molecule has 1 saturated heterocycles. The van der Waals surface area contributed by atoms with Crippen LogP contribution in [0.5, 0.6) is 5.75 Å². The van der Waals surface area contributed by atoms with Gasteiger partial charge < -0.3 is 14.6 Å². The van der Waals surface area contributed by atoms with Gasteiger partial charge in [0.2, 0.25) is 0 Å². The van der Waals surface area contributed by atoms with Crippen LogP contribution in [-0.2, 0) is 0 Å². The van der Waals surface area contributed by atoms with Crippen molar-refractivity contribution in [3.8, 4) is 11.8 Å². The Bertz CT molecular complexity index is 942. The van der Waals surface area contributed by atoms with Gasteiger partial charge in [-0.3, -0.25) is 9.59 Å². The van der Waals surface area contributed by atoms with E-state index in [1.54, 1.807) is 11.8 Å². The van der Waals surface area contributed by atoms with Gasteiger partial charge in [0.15, 0.2) is 0 Å². The Hall–Kier alpha value is -3.07. The number of aromatic amines is 1. The van der Waals surface area contributed by atoms with Crippen LogP contribution < -0.4 is 10.3 Å². The second-order valence-corrected chi connectivity index (χ2v) is 7.05. The van der Waals surface area contributed by atoms with E-state index in [0.717, 1.165) is 24.2 Å². The topological polar surface area (TPSA) is 86.2 Å². The smallest absolute Gasteiger partial charge is 0.266 e. The number of hydrogen-bond donors (Lipinski definition) is 1. The minimum Gasteiger partial charge on any atom is -0.493 e. The molecule has 3 rings (SSSR count). The summed E-state index contributed by atoms with van der Waals surface area (Å²) in [6.07, 6.45) is 1.91. The molecule has 6 heteroatoms. The van der Waals surface area contributed by atoms with Gasteiger partial charge in [0.05, 0.1) is 12.2 Å². The molecule has 1 amide bonds. The fourth-order valence-electron chi connectivity index (χ4n) is 3.40. The highest BCUT2D eigenvalue weighted by Gasteiger charge is 2.26. The van der Waals surface area contributed by atoms with E-state index >= 15 is 0 Å². The third kappa shape index (κ3) is 4.37. The first kappa shape index (κ1) is 18.7. The number of carbonyl (C=O) groups excluding carboxylic acids is 1. The molecule has 2 heterocycles. The van der Waals surface area contributed by atoms with Crippen LogP contribution in [0.4, 0.5) is 0 Å². The van der Waals surface area contributed by atoms with Crippen molar-refractivity contribution in [2.75, 3.05) is 19.7 Å². The summed E-state index contributed by atoms with van der Waals surface area (Å²) in [5, 5.41) is 9.05. The normalized spacial score (nSPS) is 16.6. The average Bonchev–Trinajstić information content (AvgIpc) is 2.66. The Morgan fingerprint density at radius 1 is 1.37 bits per heavy atom. The lowest BCUT2D eigenvalue weighted by atomic mass is 9.98. The van der Waals surface area contributed by atoms with E-state index in [1.165, 1.54) is 6.07 Å². The number of hydrogen-bond acceptors (Lipinski definition) is 4.